The van der Waals surface area contributed by atoms with Crippen LogP contribution in [0.25, 0.3) is 0 Å². The highest BCUT2D eigenvalue weighted by atomic mass is 16.6. The van der Waals surface area contributed by atoms with Crippen LogP contribution in [0.2, 0.25) is 0 Å². The number of amides is 1. The lowest BCUT2D eigenvalue weighted by Gasteiger charge is -2.12. The van der Waals surface area contributed by atoms with Crippen molar-refractivity contribution in [3.8, 4) is 11.5 Å². The van der Waals surface area contributed by atoms with Gasteiger partial charge in [0.1, 0.15) is 24.0 Å². The van der Waals surface area contributed by atoms with Gasteiger partial charge in [-0.05, 0) is 57.0 Å². The standard InChI is InChI=1S/C24H27N5O5/c1-15-6-8-19(9-7-15)14-34-21-11-10-20(12-22(21)33-5)13-25-26-24(30)18(4)28-17(3)23(29(31)32)16(2)27-28/h6-13,18H,14H2,1-5H3,(H,26,30)/b25-13+. The molecular formula is C24H27N5O5. The van der Waals surface area contributed by atoms with Crippen molar-refractivity contribution in [1.82, 2.24) is 15.2 Å². The van der Waals surface area contributed by atoms with Gasteiger partial charge in [-0.2, -0.15) is 10.2 Å². The van der Waals surface area contributed by atoms with Crippen LogP contribution in [0.15, 0.2) is 47.6 Å². The highest BCUT2D eigenvalue weighted by molar-refractivity contribution is 5.84. The van der Waals surface area contributed by atoms with E-state index in [1.807, 2.05) is 31.2 Å². The normalized spacial score (nSPS) is 11.9. The number of aromatic nitrogens is 2. The molecule has 1 aromatic heterocycles. The number of hydrazone groups is 1. The van der Waals surface area contributed by atoms with Gasteiger partial charge >= 0.3 is 5.69 Å². The third-order valence-corrected chi connectivity index (χ3v) is 5.31. The molecule has 34 heavy (non-hydrogen) atoms. The molecule has 0 aliphatic rings. The molecule has 3 rings (SSSR count). The molecule has 1 amide bonds. The molecule has 3 aromatic rings. The van der Waals surface area contributed by atoms with Crippen molar-refractivity contribution >= 4 is 17.8 Å². The summed E-state index contributed by atoms with van der Waals surface area (Å²) in [5.74, 6) is 0.663. The molecule has 0 fully saturated rings. The molecule has 0 bridgehead atoms. The predicted octanol–water partition coefficient (Wildman–Crippen LogP) is 4.02. The van der Waals surface area contributed by atoms with Crippen molar-refractivity contribution in [2.75, 3.05) is 7.11 Å². The summed E-state index contributed by atoms with van der Waals surface area (Å²) in [5.41, 5.74) is 5.82. The fourth-order valence-corrected chi connectivity index (χ4v) is 3.40. The van der Waals surface area contributed by atoms with Gasteiger partial charge in [0.25, 0.3) is 5.91 Å². The van der Waals surface area contributed by atoms with E-state index in [0.29, 0.717) is 29.4 Å². The lowest BCUT2D eigenvalue weighted by Crippen LogP contribution is -2.28. The number of hydrogen-bond acceptors (Lipinski definition) is 7. The van der Waals surface area contributed by atoms with E-state index in [1.165, 1.54) is 23.4 Å². The van der Waals surface area contributed by atoms with Crippen molar-refractivity contribution in [2.45, 2.75) is 40.3 Å². The number of methoxy groups -OCH3 is 1. The summed E-state index contributed by atoms with van der Waals surface area (Å²) in [5, 5.41) is 19.3. The second kappa shape index (κ2) is 10.6. The van der Waals surface area contributed by atoms with Gasteiger partial charge in [0.15, 0.2) is 11.5 Å². The fourth-order valence-electron chi connectivity index (χ4n) is 3.40. The first kappa shape index (κ1) is 24.4. The summed E-state index contributed by atoms with van der Waals surface area (Å²) in [6.07, 6.45) is 1.47. The summed E-state index contributed by atoms with van der Waals surface area (Å²) in [7, 11) is 1.55. The Morgan fingerprint density at radius 2 is 1.91 bits per heavy atom. The Bertz CT molecular complexity index is 1220. The van der Waals surface area contributed by atoms with E-state index in [2.05, 4.69) is 15.6 Å². The molecule has 0 spiro atoms. The van der Waals surface area contributed by atoms with Crippen molar-refractivity contribution in [1.29, 1.82) is 0 Å². The Labute approximate surface area is 197 Å². The van der Waals surface area contributed by atoms with Crippen LogP contribution in [0.5, 0.6) is 11.5 Å². The molecule has 0 saturated heterocycles. The number of aryl methyl sites for hydroxylation is 2. The van der Waals surface area contributed by atoms with E-state index in [0.717, 1.165) is 5.56 Å². The Kier molecular flexibility index (Phi) is 7.62. The van der Waals surface area contributed by atoms with Gasteiger partial charge in [-0.3, -0.25) is 19.6 Å². The van der Waals surface area contributed by atoms with Crippen LogP contribution in [0.1, 0.15) is 41.0 Å². The molecule has 0 aliphatic heterocycles. The van der Waals surface area contributed by atoms with E-state index in [-0.39, 0.29) is 11.4 Å². The third kappa shape index (κ3) is 5.58. The minimum atomic E-state index is -0.781. The number of nitro groups is 1. The summed E-state index contributed by atoms with van der Waals surface area (Å²) >= 11 is 0. The first-order valence-corrected chi connectivity index (χ1v) is 10.6. The summed E-state index contributed by atoms with van der Waals surface area (Å²) in [4.78, 5) is 23.2. The summed E-state index contributed by atoms with van der Waals surface area (Å²) in [6, 6.07) is 12.6. The van der Waals surface area contributed by atoms with Gasteiger partial charge in [-0.15, -0.1) is 0 Å². The monoisotopic (exact) mass is 465 g/mol. The second-order valence-corrected chi connectivity index (χ2v) is 7.82. The second-order valence-electron chi connectivity index (χ2n) is 7.82. The summed E-state index contributed by atoms with van der Waals surface area (Å²) < 4.78 is 12.6. The maximum absolute atomic E-state index is 12.5. The molecule has 1 unspecified atom stereocenters. The van der Waals surface area contributed by atoms with Crippen LogP contribution in [0.4, 0.5) is 5.69 Å². The number of benzene rings is 2. The van der Waals surface area contributed by atoms with E-state index >= 15 is 0 Å². The number of nitrogens with one attached hydrogen (secondary N) is 1. The number of carbonyl (C=O) groups excluding carboxylic acids is 1. The first-order valence-electron chi connectivity index (χ1n) is 10.6. The van der Waals surface area contributed by atoms with Crippen LogP contribution in [0.3, 0.4) is 0 Å². The van der Waals surface area contributed by atoms with Crippen LogP contribution in [-0.4, -0.2) is 33.9 Å². The lowest BCUT2D eigenvalue weighted by atomic mass is 10.2. The van der Waals surface area contributed by atoms with Crippen LogP contribution in [-0.2, 0) is 11.4 Å². The van der Waals surface area contributed by atoms with E-state index < -0.39 is 16.9 Å². The zero-order valence-corrected chi connectivity index (χ0v) is 19.7. The van der Waals surface area contributed by atoms with Gasteiger partial charge in [-0.1, -0.05) is 29.8 Å². The summed E-state index contributed by atoms with van der Waals surface area (Å²) in [6.45, 7) is 7.12. The minimum Gasteiger partial charge on any atom is -0.493 e. The molecule has 0 saturated carbocycles. The Morgan fingerprint density at radius 1 is 1.21 bits per heavy atom. The molecule has 2 aromatic carbocycles. The molecule has 10 heteroatoms. The number of hydrogen-bond donors (Lipinski definition) is 1. The molecular weight excluding hydrogens is 438 g/mol. The third-order valence-electron chi connectivity index (χ3n) is 5.31. The van der Waals surface area contributed by atoms with E-state index in [1.54, 1.807) is 39.2 Å². The van der Waals surface area contributed by atoms with Gasteiger partial charge < -0.3 is 9.47 Å². The molecule has 10 nitrogen and oxygen atoms in total. The zero-order chi connectivity index (χ0) is 24.8. The minimum absolute atomic E-state index is 0.0973. The highest BCUT2D eigenvalue weighted by Crippen LogP contribution is 2.28. The van der Waals surface area contributed by atoms with Gasteiger partial charge in [-0.25, -0.2) is 5.43 Å². The largest absolute Gasteiger partial charge is 0.493 e. The molecule has 0 aliphatic carbocycles. The number of rotatable bonds is 9. The molecule has 1 N–H and O–H groups in total. The highest BCUT2D eigenvalue weighted by Gasteiger charge is 2.26. The van der Waals surface area contributed by atoms with E-state index in [4.69, 9.17) is 9.47 Å². The van der Waals surface area contributed by atoms with Crippen molar-refractivity contribution in [2.24, 2.45) is 5.10 Å². The smallest absolute Gasteiger partial charge is 0.312 e. The first-order chi connectivity index (χ1) is 16.2. The topological polar surface area (TPSA) is 121 Å². The van der Waals surface area contributed by atoms with Crippen molar-refractivity contribution in [3.63, 3.8) is 0 Å². The predicted molar refractivity (Wildman–Crippen MR) is 127 cm³/mol. The van der Waals surface area contributed by atoms with Crippen LogP contribution >= 0.6 is 0 Å². The molecule has 0 radical (unpaired) electrons. The SMILES string of the molecule is COc1cc(/C=N/NC(=O)C(C)n2nc(C)c([N+](=O)[O-])c2C)ccc1OCc1ccc(C)cc1. The Balaban J connectivity index is 1.63. The van der Waals surface area contributed by atoms with Crippen molar-refractivity contribution < 1.29 is 19.2 Å². The van der Waals surface area contributed by atoms with Gasteiger partial charge in [0.2, 0.25) is 0 Å². The molecule has 178 valence electrons. The Hall–Kier alpha value is -4.21. The average molecular weight is 466 g/mol. The maximum Gasteiger partial charge on any atom is 0.312 e. The molecule has 1 heterocycles. The van der Waals surface area contributed by atoms with E-state index in [9.17, 15) is 14.9 Å². The molecule has 1 atom stereocenters. The number of nitrogens with zero attached hydrogens (tertiary/aromatic N) is 4. The average Bonchev–Trinajstić information content (AvgIpc) is 3.12. The van der Waals surface area contributed by atoms with Crippen LogP contribution in [0, 0.1) is 30.9 Å². The maximum atomic E-state index is 12.5. The quantitative estimate of drug-likeness (QED) is 0.289. The fraction of sp³-hybridized carbons (Fsp3) is 0.292. The Morgan fingerprint density at radius 3 is 2.53 bits per heavy atom. The number of carbonyl (C=O) groups is 1. The number of ether oxygens (including phenoxy) is 2. The zero-order valence-electron chi connectivity index (χ0n) is 19.7. The lowest BCUT2D eigenvalue weighted by molar-refractivity contribution is -0.386. The van der Waals surface area contributed by atoms with Crippen LogP contribution < -0.4 is 14.9 Å². The van der Waals surface area contributed by atoms with Crippen molar-refractivity contribution in [3.05, 3.63) is 80.7 Å². The van der Waals surface area contributed by atoms with Gasteiger partial charge in [0, 0.05) is 0 Å². The van der Waals surface area contributed by atoms with Gasteiger partial charge in [0.05, 0.1) is 18.2 Å².